The van der Waals surface area contributed by atoms with Crippen LogP contribution in [0.15, 0.2) is 66.9 Å². The lowest BCUT2D eigenvalue weighted by molar-refractivity contribution is 0.103. The standard InChI is InChI=1S/C22H16N2O3S/c25-22(24-16-5-1-3-14-4-2-10-23-21(14)16)20-9-8-19(28-20)15-6-7-17-18(13-15)27-12-11-26-17/h1-10,13H,11-12H2,(H,24,25). The topological polar surface area (TPSA) is 60.5 Å². The number of hydrogen-bond donors (Lipinski definition) is 1. The number of fused-ring (bicyclic) bond motifs is 2. The highest BCUT2D eigenvalue weighted by atomic mass is 32.1. The quantitative estimate of drug-likeness (QED) is 0.537. The van der Waals surface area contributed by atoms with Crippen molar-refractivity contribution in [2.75, 3.05) is 18.5 Å². The van der Waals surface area contributed by atoms with Gasteiger partial charge in [0.05, 0.1) is 16.1 Å². The Balaban J connectivity index is 1.40. The number of carbonyl (C=O) groups is 1. The third kappa shape index (κ3) is 3.08. The van der Waals surface area contributed by atoms with Crippen molar-refractivity contribution in [3.05, 3.63) is 71.7 Å². The van der Waals surface area contributed by atoms with Crippen LogP contribution in [0.4, 0.5) is 5.69 Å². The fourth-order valence-corrected chi connectivity index (χ4v) is 4.10. The Bertz CT molecular complexity index is 1180. The minimum Gasteiger partial charge on any atom is -0.486 e. The molecule has 0 unspecified atom stereocenters. The smallest absolute Gasteiger partial charge is 0.265 e. The lowest BCUT2D eigenvalue weighted by atomic mass is 10.1. The number of ether oxygens (including phenoxy) is 2. The minimum absolute atomic E-state index is 0.146. The van der Waals surface area contributed by atoms with Crippen LogP contribution in [0.1, 0.15) is 9.67 Å². The number of rotatable bonds is 3. The van der Waals surface area contributed by atoms with Gasteiger partial charge in [0.25, 0.3) is 5.91 Å². The third-order valence-electron chi connectivity index (χ3n) is 4.54. The van der Waals surface area contributed by atoms with Gasteiger partial charge < -0.3 is 14.8 Å². The molecule has 0 spiro atoms. The number of anilines is 1. The normalized spacial score (nSPS) is 12.7. The average molecular weight is 388 g/mol. The van der Waals surface area contributed by atoms with Crippen molar-refractivity contribution >= 4 is 33.8 Å². The fourth-order valence-electron chi connectivity index (χ4n) is 3.20. The molecule has 0 radical (unpaired) electrons. The largest absolute Gasteiger partial charge is 0.486 e. The molecule has 6 heteroatoms. The van der Waals surface area contributed by atoms with Crippen molar-refractivity contribution in [3.63, 3.8) is 0 Å². The predicted molar refractivity (Wildman–Crippen MR) is 110 cm³/mol. The van der Waals surface area contributed by atoms with Crippen LogP contribution in [-0.4, -0.2) is 24.1 Å². The number of nitrogens with zero attached hydrogens (tertiary/aromatic N) is 1. The third-order valence-corrected chi connectivity index (χ3v) is 5.67. The zero-order valence-corrected chi connectivity index (χ0v) is 15.7. The van der Waals surface area contributed by atoms with Crippen LogP contribution in [0.3, 0.4) is 0 Å². The van der Waals surface area contributed by atoms with Crippen molar-refractivity contribution in [2.24, 2.45) is 0 Å². The van der Waals surface area contributed by atoms with E-state index in [1.165, 1.54) is 11.3 Å². The number of thiophene rings is 1. The van der Waals surface area contributed by atoms with Gasteiger partial charge in [-0.25, -0.2) is 0 Å². The van der Waals surface area contributed by atoms with Crippen LogP contribution >= 0.6 is 11.3 Å². The SMILES string of the molecule is O=C(Nc1cccc2cccnc12)c1ccc(-c2ccc3c(c2)OCCO3)s1. The lowest BCUT2D eigenvalue weighted by Crippen LogP contribution is -2.15. The Morgan fingerprint density at radius 1 is 0.964 bits per heavy atom. The first kappa shape index (κ1) is 16.8. The van der Waals surface area contributed by atoms with E-state index in [0.717, 1.165) is 32.8 Å². The van der Waals surface area contributed by atoms with Crippen molar-refractivity contribution < 1.29 is 14.3 Å². The molecule has 1 aliphatic rings. The second kappa shape index (κ2) is 6.98. The van der Waals surface area contributed by atoms with Crippen molar-refractivity contribution in [3.8, 4) is 21.9 Å². The van der Waals surface area contributed by atoms with E-state index in [1.54, 1.807) is 6.20 Å². The van der Waals surface area contributed by atoms with E-state index in [0.29, 0.717) is 23.8 Å². The van der Waals surface area contributed by atoms with Crippen molar-refractivity contribution in [1.29, 1.82) is 0 Å². The minimum atomic E-state index is -0.146. The van der Waals surface area contributed by atoms with Crippen LogP contribution in [0.25, 0.3) is 21.3 Å². The van der Waals surface area contributed by atoms with E-state index < -0.39 is 0 Å². The molecular formula is C22H16N2O3S. The van der Waals surface area contributed by atoms with Crippen LogP contribution < -0.4 is 14.8 Å². The second-order valence-corrected chi connectivity index (χ2v) is 7.44. The number of pyridine rings is 1. The first-order chi connectivity index (χ1) is 13.8. The Labute approximate surface area is 165 Å². The molecule has 2 aromatic heterocycles. The highest BCUT2D eigenvalue weighted by Gasteiger charge is 2.15. The molecule has 1 amide bonds. The summed E-state index contributed by atoms with van der Waals surface area (Å²) < 4.78 is 11.2. The van der Waals surface area contributed by atoms with E-state index >= 15 is 0 Å². The van der Waals surface area contributed by atoms with Gasteiger partial charge in [-0.15, -0.1) is 11.3 Å². The van der Waals surface area contributed by atoms with Gasteiger partial charge in [0, 0.05) is 16.5 Å². The Kier molecular flexibility index (Phi) is 4.18. The van der Waals surface area contributed by atoms with E-state index in [9.17, 15) is 4.79 Å². The Hall–Kier alpha value is -3.38. The Morgan fingerprint density at radius 3 is 2.75 bits per heavy atom. The van der Waals surface area contributed by atoms with Crippen molar-refractivity contribution in [2.45, 2.75) is 0 Å². The highest BCUT2D eigenvalue weighted by Crippen LogP contribution is 2.37. The van der Waals surface area contributed by atoms with Gasteiger partial charge in [0.15, 0.2) is 11.5 Å². The zero-order chi connectivity index (χ0) is 18.9. The molecule has 5 nitrogen and oxygen atoms in total. The van der Waals surface area contributed by atoms with Gasteiger partial charge in [0.1, 0.15) is 13.2 Å². The molecule has 2 aromatic carbocycles. The number of carbonyl (C=O) groups excluding carboxylic acids is 1. The summed E-state index contributed by atoms with van der Waals surface area (Å²) in [7, 11) is 0. The summed E-state index contributed by atoms with van der Waals surface area (Å²) in [5.41, 5.74) is 2.49. The summed E-state index contributed by atoms with van der Waals surface area (Å²) >= 11 is 1.44. The number of aromatic nitrogens is 1. The molecule has 5 rings (SSSR count). The molecule has 1 aliphatic heterocycles. The summed E-state index contributed by atoms with van der Waals surface area (Å²) in [6, 6.07) is 19.2. The van der Waals surface area contributed by atoms with Gasteiger partial charge in [-0.1, -0.05) is 18.2 Å². The van der Waals surface area contributed by atoms with Crippen LogP contribution in [0.5, 0.6) is 11.5 Å². The summed E-state index contributed by atoms with van der Waals surface area (Å²) in [5.74, 6) is 1.35. The maximum Gasteiger partial charge on any atom is 0.265 e. The molecule has 28 heavy (non-hydrogen) atoms. The highest BCUT2D eigenvalue weighted by molar-refractivity contribution is 7.17. The van der Waals surface area contributed by atoms with Gasteiger partial charge in [-0.05, 0) is 48.0 Å². The Morgan fingerprint density at radius 2 is 1.82 bits per heavy atom. The molecular weight excluding hydrogens is 372 g/mol. The van der Waals surface area contributed by atoms with E-state index in [2.05, 4.69) is 10.3 Å². The maximum atomic E-state index is 12.8. The van der Waals surface area contributed by atoms with Gasteiger partial charge in [-0.3, -0.25) is 9.78 Å². The predicted octanol–water partition coefficient (Wildman–Crippen LogP) is 4.99. The molecule has 0 aliphatic carbocycles. The summed E-state index contributed by atoms with van der Waals surface area (Å²) in [6.07, 6.45) is 1.73. The van der Waals surface area contributed by atoms with E-state index in [1.807, 2.05) is 60.7 Å². The van der Waals surface area contributed by atoms with Crippen molar-refractivity contribution in [1.82, 2.24) is 4.98 Å². The van der Waals surface area contributed by atoms with Crippen LogP contribution in [-0.2, 0) is 0 Å². The average Bonchev–Trinajstić information content (AvgIpc) is 3.24. The number of nitrogens with one attached hydrogen (secondary N) is 1. The second-order valence-electron chi connectivity index (χ2n) is 6.36. The first-order valence-corrected chi connectivity index (χ1v) is 9.74. The lowest BCUT2D eigenvalue weighted by Gasteiger charge is -2.18. The van der Waals surface area contributed by atoms with Gasteiger partial charge in [0.2, 0.25) is 0 Å². The summed E-state index contributed by atoms with van der Waals surface area (Å²) in [5, 5.41) is 3.97. The number of benzene rings is 2. The summed E-state index contributed by atoms with van der Waals surface area (Å²) in [4.78, 5) is 18.8. The molecule has 0 saturated heterocycles. The molecule has 0 atom stereocenters. The van der Waals surface area contributed by atoms with E-state index in [4.69, 9.17) is 9.47 Å². The van der Waals surface area contributed by atoms with E-state index in [-0.39, 0.29) is 5.91 Å². The molecule has 1 N–H and O–H groups in total. The number of hydrogen-bond acceptors (Lipinski definition) is 5. The molecule has 0 bridgehead atoms. The van der Waals surface area contributed by atoms with Crippen LogP contribution in [0, 0.1) is 0 Å². The molecule has 4 aromatic rings. The van der Waals surface area contributed by atoms with Crippen LogP contribution in [0.2, 0.25) is 0 Å². The van der Waals surface area contributed by atoms with Gasteiger partial charge >= 0.3 is 0 Å². The maximum absolute atomic E-state index is 12.8. The molecule has 0 saturated carbocycles. The van der Waals surface area contributed by atoms with Gasteiger partial charge in [-0.2, -0.15) is 0 Å². The first-order valence-electron chi connectivity index (χ1n) is 8.93. The number of para-hydroxylation sites is 1. The summed E-state index contributed by atoms with van der Waals surface area (Å²) in [6.45, 7) is 1.12. The molecule has 0 fully saturated rings. The monoisotopic (exact) mass is 388 g/mol. The fraction of sp³-hybridized carbons (Fsp3) is 0.0909. The molecule has 3 heterocycles. The number of amides is 1. The zero-order valence-electron chi connectivity index (χ0n) is 14.8. The molecule has 138 valence electrons.